The van der Waals surface area contributed by atoms with Crippen molar-refractivity contribution in [3.63, 3.8) is 0 Å². The van der Waals surface area contributed by atoms with Gasteiger partial charge in [-0.2, -0.15) is 0 Å². The summed E-state index contributed by atoms with van der Waals surface area (Å²) in [4.78, 5) is 22.7. The maximum absolute atomic E-state index is 13.8. The quantitative estimate of drug-likeness (QED) is 0.439. The molecule has 0 aliphatic heterocycles. The topological polar surface area (TPSA) is 105 Å². The molecule has 0 radical (unpaired) electrons. The van der Waals surface area contributed by atoms with Gasteiger partial charge < -0.3 is 16.0 Å². The third-order valence-electron chi connectivity index (χ3n) is 5.49. The highest BCUT2D eigenvalue weighted by molar-refractivity contribution is 6.30. The van der Waals surface area contributed by atoms with E-state index in [1.807, 2.05) is 44.3 Å². The minimum atomic E-state index is -0.264. The summed E-state index contributed by atoms with van der Waals surface area (Å²) in [7, 11) is 1.83. The number of halogens is 1. The lowest BCUT2D eigenvalue weighted by atomic mass is 10.0. The molecule has 5 aromatic rings. The van der Waals surface area contributed by atoms with Crippen molar-refractivity contribution in [1.82, 2.24) is 19.1 Å². The Kier molecular flexibility index (Phi) is 4.23. The maximum atomic E-state index is 13.8. The van der Waals surface area contributed by atoms with Gasteiger partial charge in [-0.05, 0) is 61.0 Å². The van der Waals surface area contributed by atoms with Crippen molar-refractivity contribution in [3.8, 4) is 16.8 Å². The summed E-state index contributed by atoms with van der Waals surface area (Å²) < 4.78 is 3.35. The van der Waals surface area contributed by atoms with Gasteiger partial charge in [0.15, 0.2) is 0 Å². The number of hydrogen-bond acceptors (Lipinski definition) is 5. The number of aromatic nitrogens is 4. The van der Waals surface area contributed by atoms with Crippen molar-refractivity contribution < 1.29 is 0 Å². The number of pyridine rings is 2. The fourth-order valence-corrected chi connectivity index (χ4v) is 3.98. The lowest BCUT2D eigenvalue weighted by molar-refractivity contribution is 0.965. The molecule has 0 amide bonds. The predicted octanol–water partition coefficient (Wildman–Crippen LogP) is 4.07. The first kappa shape index (κ1) is 19.1. The molecule has 0 saturated carbocycles. The Morgan fingerprint density at radius 3 is 2.45 bits per heavy atom. The molecule has 5 rings (SSSR count). The zero-order valence-corrected chi connectivity index (χ0v) is 17.7. The number of aryl methyl sites for hydroxylation is 2. The van der Waals surface area contributed by atoms with Gasteiger partial charge in [0.05, 0.1) is 28.0 Å². The Bertz CT molecular complexity index is 1550. The van der Waals surface area contributed by atoms with Crippen molar-refractivity contribution in [2.24, 2.45) is 7.05 Å². The molecule has 0 fully saturated rings. The minimum Gasteiger partial charge on any atom is -0.397 e. The van der Waals surface area contributed by atoms with Crippen molar-refractivity contribution in [2.75, 3.05) is 11.5 Å². The van der Waals surface area contributed by atoms with Crippen LogP contribution in [0.15, 0.2) is 59.4 Å². The normalized spacial score (nSPS) is 11.5. The van der Waals surface area contributed by atoms with Crippen molar-refractivity contribution in [3.05, 3.63) is 75.7 Å². The van der Waals surface area contributed by atoms with E-state index in [1.165, 1.54) is 0 Å². The summed E-state index contributed by atoms with van der Waals surface area (Å²) in [6.07, 6.45) is 0. The number of anilines is 2. The van der Waals surface area contributed by atoms with Crippen LogP contribution >= 0.6 is 11.6 Å². The highest BCUT2D eigenvalue weighted by atomic mass is 35.5. The van der Waals surface area contributed by atoms with Crippen LogP contribution in [0.1, 0.15) is 5.69 Å². The Balaban J connectivity index is 1.90. The fraction of sp³-hybridized carbons (Fsp3) is 0.0870. The molecule has 0 aliphatic carbocycles. The van der Waals surface area contributed by atoms with Crippen LogP contribution < -0.4 is 17.0 Å². The zero-order chi connectivity index (χ0) is 21.9. The summed E-state index contributed by atoms with van der Waals surface area (Å²) in [5.74, 6) is 0.400. The molecular weight excluding hydrogens is 412 g/mol. The van der Waals surface area contributed by atoms with Crippen molar-refractivity contribution >= 4 is 45.3 Å². The van der Waals surface area contributed by atoms with Gasteiger partial charge in [-0.25, -0.2) is 9.97 Å². The number of rotatable bonds is 2. The summed E-state index contributed by atoms with van der Waals surface area (Å²) in [5, 5.41) is 1.28. The van der Waals surface area contributed by atoms with Gasteiger partial charge in [-0.3, -0.25) is 9.36 Å². The molecule has 3 heterocycles. The van der Waals surface area contributed by atoms with Crippen LogP contribution in [0, 0.1) is 6.92 Å². The van der Waals surface area contributed by atoms with Gasteiger partial charge in [-0.15, -0.1) is 0 Å². The third kappa shape index (κ3) is 2.93. The molecule has 7 nitrogen and oxygen atoms in total. The van der Waals surface area contributed by atoms with Gasteiger partial charge in [0.1, 0.15) is 5.65 Å². The standard InChI is InChI=1S/C23H19ClN6O/c1-12-3-9-16-20(25)19(13-4-10-17-18(11-13)29(2)23(26)28-17)22(31)30(21(16)27-12)15-7-5-14(24)6-8-15/h3-11H,25H2,1-2H3,(H2,26,28). The lowest BCUT2D eigenvalue weighted by Crippen LogP contribution is -2.23. The molecule has 154 valence electrons. The Hall–Kier alpha value is -3.84. The first-order chi connectivity index (χ1) is 14.8. The smallest absolute Gasteiger partial charge is 0.266 e. The number of fused-ring (bicyclic) bond motifs is 2. The second-order valence-corrected chi connectivity index (χ2v) is 7.90. The molecule has 31 heavy (non-hydrogen) atoms. The highest BCUT2D eigenvalue weighted by Gasteiger charge is 2.19. The predicted molar refractivity (Wildman–Crippen MR) is 126 cm³/mol. The van der Waals surface area contributed by atoms with E-state index in [0.29, 0.717) is 44.5 Å². The Labute approximate surface area is 182 Å². The second kappa shape index (κ2) is 6.85. The van der Waals surface area contributed by atoms with Crippen LogP contribution in [-0.2, 0) is 7.05 Å². The van der Waals surface area contributed by atoms with Gasteiger partial charge in [0.2, 0.25) is 5.95 Å². The summed E-state index contributed by atoms with van der Waals surface area (Å²) in [6.45, 7) is 1.88. The molecule has 4 N–H and O–H groups in total. The number of nitrogens with zero attached hydrogens (tertiary/aromatic N) is 4. The van der Waals surface area contributed by atoms with Crippen LogP contribution in [0.4, 0.5) is 11.6 Å². The number of imidazole rings is 1. The molecule has 0 aliphatic rings. The van der Waals surface area contributed by atoms with E-state index >= 15 is 0 Å². The van der Waals surface area contributed by atoms with Crippen LogP contribution in [0.5, 0.6) is 0 Å². The van der Waals surface area contributed by atoms with E-state index < -0.39 is 0 Å². The zero-order valence-electron chi connectivity index (χ0n) is 16.9. The van der Waals surface area contributed by atoms with Crippen molar-refractivity contribution in [1.29, 1.82) is 0 Å². The molecule has 0 atom stereocenters. The molecule has 0 spiro atoms. The van der Waals surface area contributed by atoms with Gasteiger partial charge >= 0.3 is 0 Å². The molecule has 3 aromatic heterocycles. The van der Waals surface area contributed by atoms with Gasteiger partial charge in [-0.1, -0.05) is 17.7 Å². The molecule has 0 unspecified atom stereocenters. The van der Waals surface area contributed by atoms with Crippen LogP contribution in [0.2, 0.25) is 5.02 Å². The van der Waals surface area contributed by atoms with Crippen molar-refractivity contribution in [2.45, 2.75) is 6.92 Å². The monoisotopic (exact) mass is 430 g/mol. The second-order valence-electron chi connectivity index (χ2n) is 7.46. The number of nitrogens with two attached hydrogens (primary N) is 2. The SMILES string of the molecule is Cc1ccc2c(N)c(-c3ccc4nc(N)n(C)c4c3)c(=O)n(-c3ccc(Cl)cc3)c2n1. The molecule has 2 aromatic carbocycles. The molecule has 8 heteroatoms. The fourth-order valence-electron chi connectivity index (χ4n) is 3.85. The van der Waals surface area contributed by atoms with E-state index in [2.05, 4.69) is 9.97 Å². The van der Waals surface area contributed by atoms with E-state index in [-0.39, 0.29) is 5.56 Å². The molecule has 0 saturated heterocycles. The summed E-state index contributed by atoms with van der Waals surface area (Å²) in [6, 6.07) is 16.4. The Morgan fingerprint density at radius 2 is 1.71 bits per heavy atom. The minimum absolute atomic E-state index is 0.264. The van der Waals surface area contributed by atoms with Crippen LogP contribution in [0.25, 0.3) is 38.9 Å². The molecule has 0 bridgehead atoms. The maximum Gasteiger partial charge on any atom is 0.266 e. The number of hydrogen-bond donors (Lipinski definition) is 2. The molecular formula is C23H19ClN6O. The van der Waals surface area contributed by atoms with Crippen LogP contribution in [0.3, 0.4) is 0 Å². The van der Waals surface area contributed by atoms with E-state index in [0.717, 1.165) is 16.7 Å². The van der Waals surface area contributed by atoms with Gasteiger partial charge in [0.25, 0.3) is 5.56 Å². The van der Waals surface area contributed by atoms with E-state index in [1.54, 1.807) is 33.4 Å². The summed E-state index contributed by atoms with van der Waals surface area (Å²) >= 11 is 6.07. The lowest BCUT2D eigenvalue weighted by Gasteiger charge is -2.16. The Morgan fingerprint density at radius 1 is 0.968 bits per heavy atom. The number of nitrogen functional groups attached to an aromatic ring is 2. The largest absolute Gasteiger partial charge is 0.397 e. The van der Waals surface area contributed by atoms with Crippen LogP contribution in [-0.4, -0.2) is 19.1 Å². The average molecular weight is 431 g/mol. The third-order valence-corrected chi connectivity index (χ3v) is 5.74. The summed E-state index contributed by atoms with van der Waals surface area (Å²) in [5.41, 5.74) is 17.2. The van der Waals surface area contributed by atoms with E-state index in [4.69, 9.17) is 23.1 Å². The van der Waals surface area contributed by atoms with Gasteiger partial charge in [0, 0.05) is 23.2 Å². The first-order valence-electron chi connectivity index (χ1n) is 9.65. The van der Waals surface area contributed by atoms with E-state index in [9.17, 15) is 4.79 Å². The first-order valence-corrected chi connectivity index (χ1v) is 10.0. The number of benzene rings is 2. The highest BCUT2D eigenvalue weighted by Crippen LogP contribution is 2.32. The average Bonchev–Trinajstić information content (AvgIpc) is 3.03.